The minimum atomic E-state index is 0.613. The molecule has 114 valence electrons. The van der Waals surface area contributed by atoms with Crippen LogP contribution < -0.4 is 0 Å². The van der Waals surface area contributed by atoms with E-state index in [0.717, 1.165) is 24.3 Å². The maximum atomic E-state index is 4.88. The van der Waals surface area contributed by atoms with E-state index in [-0.39, 0.29) is 0 Å². The highest BCUT2D eigenvalue weighted by atomic mass is 32.1. The molecular weight excluding hydrogens is 302 g/mol. The predicted molar refractivity (Wildman–Crippen MR) is 96.2 cm³/mol. The lowest BCUT2D eigenvalue weighted by Gasteiger charge is -2.21. The summed E-state index contributed by atoms with van der Waals surface area (Å²) in [6.07, 6.45) is 2.55. The number of hydrogen-bond donors (Lipinski definition) is 0. The summed E-state index contributed by atoms with van der Waals surface area (Å²) in [5.41, 5.74) is 4.53. The molecule has 4 heteroatoms. The van der Waals surface area contributed by atoms with Crippen molar-refractivity contribution in [2.24, 2.45) is 4.99 Å². The molecule has 1 saturated heterocycles. The van der Waals surface area contributed by atoms with Gasteiger partial charge in [-0.1, -0.05) is 18.2 Å². The second-order valence-electron chi connectivity index (χ2n) is 6.24. The molecular formula is C19H17N3S. The third kappa shape index (κ3) is 2.09. The summed E-state index contributed by atoms with van der Waals surface area (Å²) in [7, 11) is 0. The molecule has 0 radical (unpaired) electrons. The van der Waals surface area contributed by atoms with E-state index in [0.29, 0.717) is 6.04 Å². The van der Waals surface area contributed by atoms with E-state index < -0.39 is 0 Å². The fourth-order valence-corrected chi connectivity index (χ4v) is 4.40. The lowest BCUT2D eigenvalue weighted by atomic mass is 10.0. The molecule has 0 aliphatic carbocycles. The molecule has 2 aliphatic rings. The standard InChI is InChI=1S/C19H17N3S/c1-2-6-17-15(5-1)16(10-18(21-17)13-7-9-23-12-13)19-20-11-14-4-3-8-22(14)19/h1-2,5-7,9-10,12,14H,3-4,8,11H2. The van der Waals surface area contributed by atoms with Crippen LogP contribution in [-0.2, 0) is 0 Å². The van der Waals surface area contributed by atoms with Crippen LogP contribution in [0.25, 0.3) is 22.2 Å². The maximum absolute atomic E-state index is 4.88. The Labute approximate surface area is 139 Å². The number of fused-ring (bicyclic) bond motifs is 2. The fourth-order valence-electron chi connectivity index (χ4n) is 3.75. The van der Waals surface area contributed by atoms with Gasteiger partial charge < -0.3 is 4.90 Å². The van der Waals surface area contributed by atoms with E-state index in [4.69, 9.17) is 9.98 Å². The number of hydrogen-bond acceptors (Lipinski definition) is 4. The minimum Gasteiger partial charge on any atom is -0.352 e. The summed E-state index contributed by atoms with van der Waals surface area (Å²) in [6, 6.07) is 13.4. The molecule has 0 N–H and O–H groups in total. The van der Waals surface area contributed by atoms with Crippen molar-refractivity contribution in [2.45, 2.75) is 18.9 Å². The van der Waals surface area contributed by atoms with Crippen LogP contribution in [0.3, 0.4) is 0 Å². The van der Waals surface area contributed by atoms with Crippen LogP contribution in [0, 0.1) is 0 Å². The van der Waals surface area contributed by atoms with Crippen molar-refractivity contribution < 1.29 is 0 Å². The van der Waals surface area contributed by atoms with Crippen LogP contribution in [0.4, 0.5) is 0 Å². The number of nitrogens with zero attached hydrogens (tertiary/aromatic N) is 3. The molecule has 1 aromatic carbocycles. The Morgan fingerprint density at radius 2 is 2.13 bits per heavy atom. The Morgan fingerprint density at radius 1 is 1.17 bits per heavy atom. The Balaban J connectivity index is 1.73. The molecule has 0 spiro atoms. The van der Waals surface area contributed by atoms with Crippen molar-refractivity contribution >= 4 is 28.1 Å². The molecule has 1 fully saturated rings. The number of thiophene rings is 1. The summed E-state index contributed by atoms with van der Waals surface area (Å²) in [6.45, 7) is 2.08. The predicted octanol–water partition coefficient (Wildman–Crippen LogP) is 4.19. The van der Waals surface area contributed by atoms with E-state index in [1.165, 1.54) is 35.2 Å². The maximum Gasteiger partial charge on any atom is 0.132 e. The molecule has 2 aliphatic heterocycles. The van der Waals surface area contributed by atoms with Gasteiger partial charge in [0.15, 0.2) is 0 Å². The Kier molecular flexibility index (Phi) is 2.98. The van der Waals surface area contributed by atoms with Crippen LogP contribution in [-0.4, -0.2) is 34.9 Å². The number of aromatic nitrogens is 1. The molecule has 3 aromatic rings. The van der Waals surface area contributed by atoms with Crippen LogP contribution in [0.15, 0.2) is 52.2 Å². The highest BCUT2D eigenvalue weighted by Gasteiger charge is 2.33. The number of para-hydroxylation sites is 1. The summed E-state index contributed by atoms with van der Waals surface area (Å²) in [4.78, 5) is 12.2. The minimum absolute atomic E-state index is 0.613. The van der Waals surface area contributed by atoms with Gasteiger partial charge in [0.25, 0.3) is 0 Å². The van der Waals surface area contributed by atoms with E-state index in [1.807, 2.05) is 0 Å². The van der Waals surface area contributed by atoms with Crippen molar-refractivity contribution in [3.63, 3.8) is 0 Å². The average Bonchev–Trinajstić information content (AvgIpc) is 3.31. The number of benzene rings is 1. The van der Waals surface area contributed by atoms with E-state index in [2.05, 4.69) is 52.1 Å². The first-order chi connectivity index (χ1) is 11.4. The highest BCUT2D eigenvalue weighted by molar-refractivity contribution is 7.08. The first-order valence-electron chi connectivity index (χ1n) is 8.14. The van der Waals surface area contributed by atoms with Crippen LogP contribution in [0.5, 0.6) is 0 Å². The first-order valence-corrected chi connectivity index (χ1v) is 9.08. The molecule has 23 heavy (non-hydrogen) atoms. The van der Waals surface area contributed by atoms with E-state index >= 15 is 0 Å². The summed E-state index contributed by atoms with van der Waals surface area (Å²) in [5, 5.41) is 5.48. The number of aliphatic imine (C=N–C) groups is 1. The zero-order valence-corrected chi connectivity index (χ0v) is 13.6. The lowest BCUT2D eigenvalue weighted by molar-refractivity contribution is 0.431. The number of pyridine rings is 1. The van der Waals surface area contributed by atoms with Gasteiger partial charge in [-0.15, -0.1) is 0 Å². The van der Waals surface area contributed by atoms with Gasteiger partial charge in [-0.2, -0.15) is 11.3 Å². The van der Waals surface area contributed by atoms with Gasteiger partial charge in [0, 0.05) is 28.4 Å². The van der Waals surface area contributed by atoms with Crippen LogP contribution in [0.2, 0.25) is 0 Å². The van der Waals surface area contributed by atoms with Gasteiger partial charge in [-0.25, -0.2) is 4.98 Å². The van der Waals surface area contributed by atoms with Crippen LogP contribution in [0.1, 0.15) is 18.4 Å². The van der Waals surface area contributed by atoms with Gasteiger partial charge in [0.05, 0.1) is 23.8 Å². The molecule has 2 aromatic heterocycles. The largest absolute Gasteiger partial charge is 0.352 e. The highest BCUT2D eigenvalue weighted by Crippen LogP contribution is 2.31. The van der Waals surface area contributed by atoms with Crippen molar-refractivity contribution in [3.05, 3.63) is 52.7 Å². The van der Waals surface area contributed by atoms with Crippen molar-refractivity contribution in [3.8, 4) is 11.3 Å². The summed E-state index contributed by atoms with van der Waals surface area (Å²) in [5.74, 6) is 1.17. The smallest absolute Gasteiger partial charge is 0.132 e. The summed E-state index contributed by atoms with van der Waals surface area (Å²) >= 11 is 1.71. The molecule has 3 nitrogen and oxygen atoms in total. The molecule has 4 heterocycles. The van der Waals surface area contributed by atoms with E-state index in [9.17, 15) is 0 Å². The van der Waals surface area contributed by atoms with Crippen molar-refractivity contribution in [1.29, 1.82) is 0 Å². The lowest BCUT2D eigenvalue weighted by Crippen LogP contribution is -2.31. The third-order valence-electron chi connectivity index (χ3n) is 4.88. The Morgan fingerprint density at radius 3 is 3.04 bits per heavy atom. The topological polar surface area (TPSA) is 28.5 Å². The van der Waals surface area contributed by atoms with Gasteiger partial charge >= 0.3 is 0 Å². The van der Waals surface area contributed by atoms with Gasteiger partial charge in [0.1, 0.15) is 5.84 Å². The molecule has 1 atom stereocenters. The van der Waals surface area contributed by atoms with E-state index in [1.54, 1.807) is 11.3 Å². The van der Waals surface area contributed by atoms with Gasteiger partial charge in [0.2, 0.25) is 0 Å². The molecule has 0 saturated carbocycles. The molecule has 1 unspecified atom stereocenters. The Bertz CT molecular complexity index is 898. The van der Waals surface area contributed by atoms with Crippen molar-refractivity contribution in [1.82, 2.24) is 9.88 Å². The monoisotopic (exact) mass is 319 g/mol. The quantitative estimate of drug-likeness (QED) is 0.708. The second kappa shape index (κ2) is 5.17. The zero-order valence-electron chi connectivity index (χ0n) is 12.8. The third-order valence-corrected chi connectivity index (χ3v) is 5.56. The first kappa shape index (κ1) is 13.3. The van der Waals surface area contributed by atoms with Crippen molar-refractivity contribution in [2.75, 3.05) is 13.1 Å². The SMILES string of the molecule is c1ccc2c(C3=NCC4CCCN34)cc(-c3ccsc3)nc2c1. The van der Waals surface area contributed by atoms with Gasteiger partial charge in [-0.3, -0.25) is 4.99 Å². The normalized spacial score (nSPS) is 20.1. The zero-order chi connectivity index (χ0) is 15.2. The second-order valence-corrected chi connectivity index (χ2v) is 7.02. The molecule has 0 amide bonds. The average molecular weight is 319 g/mol. The van der Waals surface area contributed by atoms with Gasteiger partial charge in [-0.05, 0) is 36.4 Å². The fraction of sp³-hybridized carbons (Fsp3) is 0.263. The number of rotatable bonds is 2. The molecule has 5 rings (SSSR count). The Hall–Kier alpha value is -2.20. The van der Waals surface area contributed by atoms with Crippen LogP contribution >= 0.6 is 11.3 Å². The number of amidine groups is 1. The molecule has 0 bridgehead atoms. The summed E-state index contributed by atoms with van der Waals surface area (Å²) < 4.78 is 0.